The highest BCUT2D eigenvalue weighted by atomic mass is 32.2. The molecular weight excluding hydrogens is 346 g/mol. The number of hydrogen-bond acceptors (Lipinski definition) is 4. The van der Waals surface area contributed by atoms with Crippen LogP contribution in [0.25, 0.3) is 5.69 Å². The molecule has 1 N–H and O–H groups in total. The molecule has 6 nitrogen and oxygen atoms in total. The fourth-order valence-corrected chi connectivity index (χ4v) is 3.50. The van der Waals surface area contributed by atoms with Crippen molar-refractivity contribution in [2.75, 3.05) is 11.1 Å². The summed E-state index contributed by atoms with van der Waals surface area (Å²) in [5, 5.41) is 8.07. The van der Waals surface area contributed by atoms with Gasteiger partial charge < -0.3 is 5.32 Å². The van der Waals surface area contributed by atoms with Gasteiger partial charge in [0, 0.05) is 25.1 Å². The second-order valence-electron chi connectivity index (χ2n) is 6.35. The third kappa shape index (κ3) is 3.67. The Morgan fingerprint density at radius 1 is 1.19 bits per heavy atom. The number of amides is 1. The lowest BCUT2D eigenvalue weighted by Crippen LogP contribution is -2.15. The highest BCUT2D eigenvalue weighted by Crippen LogP contribution is 2.23. The smallest absolute Gasteiger partial charge is 0.234 e. The number of benzene rings is 1. The summed E-state index contributed by atoms with van der Waals surface area (Å²) >= 11 is 1.42. The van der Waals surface area contributed by atoms with E-state index in [1.807, 2.05) is 31.7 Å². The molecule has 2 heterocycles. The zero-order chi connectivity index (χ0) is 18.8. The Morgan fingerprint density at radius 2 is 1.96 bits per heavy atom. The molecule has 0 aliphatic carbocycles. The van der Waals surface area contributed by atoms with Crippen molar-refractivity contribution >= 4 is 23.4 Å². The topological polar surface area (TPSA) is 64.7 Å². The number of hydrogen-bond donors (Lipinski definition) is 1. The third-order valence-electron chi connectivity index (χ3n) is 4.48. The summed E-state index contributed by atoms with van der Waals surface area (Å²) in [6, 6.07) is 6.29. The number of imidazole rings is 1. The van der Waals surface area contributed by atoms with Gasteiger partial charge in [-0.1, -0.05) is 17.8 Å². The number of aryl methyl sites for hydroxylation is 4. The summed E-state index contributed by atoms with van der Waals surface area (Å²) in [6.45, 7) is 8.02. The summed E-state index contributed by atoms with van der Waals surface area (Å²) in [4.78, 5) is 16.8. The third-order valence-corrected chi connectivity index (χ3v) is 5.45. The van der Waals surface area contributed by atoms with Crippen molar-refractivity contribution in [2.45, 2.75) is 32.9 Å². The maximum atomic E-state index is 12.4. The van der Waals surface area contributed by atoms with Crippen LogP contribution in [0.3, 0.4) is 0 Å². The van der Waals surface area contributed by atoms with Crippen molar-refractivity contribution in [3.8, 4) is 5.69 Å². The van der Waals surface area contributed by atoms with E-state index in [4.69, 9.17) is 0 Å². The highest BCUT2D eigenvalue weighted by molar-refractivity contribution is 7.99. The number of carbonyl (C=O) groups excluding carboxylic acids is 1. The molecule has 0 aliphatic heterocycles. The van der Waals surface area contributed by atoms with Gasteiger partial charge in [0.25, 0.3) is 0 Å². The van der Waals surface area contributed by atoms with Gasteiger partial charge in [0.1, 0.15) is 0 Å². The SMILES string of the molecule is Cc1ccc(-n2ccnc2SCC(=O)Nc2c(C)nn(C)c2C)cc1C. The molecule has 0 unspecified atom stereocenters. The Labute approximate surface area is 157 Å². The van der Waals surface area contributed by atoms with Crippen molar-refractivity contribution in [1.82, 2.24) is 19.3 Å². The highest BCUT2D eigenvalue weighted by Gasteiger charge is 2.14. The average molecular weight is 369 g/mol. The fourth-order valence-electron chi connectivity index (χ4n) is 2.73. The average Bonchev–Trinajstić information content (AvgIpc) is 3.16. The quantitative estimate of drug-likeness (QED) is 0.698. The van der Waals surface area contributed by atoms with Crippen molar-refractivity contribution in [3.63, 3.8) is 0 Å². The second-order valence-corrected chi connectivity index (χ2v) is 7.30. The van der Waals surface area contributed by atoms with Crippen LogP contribution in [0.2, 0.25) is 0 Å². The first-order valence-electron chi connectivity index (χ1n) is 8.40. The van der Waals surface area contributed by atoms with Gasteiger partial charge in [-0.3, -0.25) is 14.0 Å². The van der Waals surface area contributed by atoms with Crippen LogP contribution in [0, 0.1) is 27.7 Å². The van der Waals surface area contributed by atoms with E-state index in [1.165, 1.54) is 22.9 Å². The zero-order valence-electron chi connectivity index (χ0n) is 15.7. The van der Waals surface area contributed by atoms with E-state index in [9.17, 15) is 4.79 Å². The van der Waals surface area contributed by atoms with Crippen LogP contribution in [-0.4, -0.2) is 31.0 Å². The first-order chi connectivity index (χ1) is 12.4. The van der Waals surface area contributed by atoms with E-state index in [2.05, 4.69) is 47.4 Å². The zero-order valence-corrected chi connectivity index (χ0v) is 16.5. The van der Waals surface area contributed by atoms with Crippen LogP contribution >= 0.6 is 11.8 Å². The van der Waals surface area contributed by atoms with Crippen LogP contribution in [-0.2, 0) is 11.8 Å². The van der Waals surface area contributed by atoms with E-state index in [0.717, 1.165) is 27.9 Å². The number of rotatable bonds is 5. The molecule has 3 aromatic rings. The van der Waals surface area contributed by atoms with E-state index in [-0.39, 0.29) is 11.7 Å². The van der Waals surface area contributed by atoms with Crippen molar-refractivity contribution in [3.05, 3.63) is 53.1 Å². The Kier molecular flexibility index (Phi) is 5.18. The van der Waals surface area contributed by atoms with Gasteiger partial charge in [-0.05, 0) is 51.0 Å². The Bertz CT molecular complexity index is 957. The molecule has 1 aromatic carbocycles. The molecule has 0 fully saturated rings. The molecule has 0 atom stereocenters. The summed E-state index contributed by atoms with van der Waals surface area (Å²) in [7, 11) is 1.87. The van der Waals surface area contributed by atoms with Gasteiger partial charge in [0.2, 0.25) is 5.91 Å². The maximum Gasteiger partial charge on any atom is 0.234 e. The largest absolute Gasteiger partial charge is 0.322 e. The minimum atomic E-state index is -0.0659. The summed E-state index contributed by atoms with van der Waals surface area (Å²) < 4.78 is 3.77. The van der Waals surface area contributed by atoms with Gasteiger partial charge in [-0.25, -0.2) is 4.98 Å². The number of thioether (sulfide) groups is 1. The lowest BCUT2D eigenvalue weighted by atomic mass is 10.1. The van der Waals surface area contributed by atoms with Gasteiger partial charge >= 0.3 is 0 Å². The molecule has 7 heteroatoms. The molecule has 1 amide bonds. The molecule has 0 spiro atoms. The molecular formula is C19H23N5OS. The predicted octanol–water partition coefficient (Wildman–Crippen LogP) is 3.57. The predicted molar refractivity (Wildman–Crippen MR) is 105 cm³/mol. The van der Waals surface area contributed by atoms with Crippen LogP contribution in [0.15, 0.2) is 35.7 Å². The summed E-state index contributed by atoms with van der Waals surface area (Å²) in [6.07, 6.45) is 3.67. The van der Waals surface area contributed by atoms with Crippen LogP contribution in [0.4, 0.5) is 5.69 Å². The van der Waals surface area contributed by atoms with E-state index >= 15 is 0 Å². The molecule has 0 saturated heterocycles. The molecule has 0 bridgehead atoms. The normalized spacial score (nSPS) is 11.0. The van der Waals surface area contributed by atoms with Crippen LogP contribution in [0.5, 0.6) is 0 Å². The van der Waals surface area contributed by atoms with E-state index in [0.29, 0.717) is 0 Å². The van der Waals surface area contributed by atoms with Crippen molar-refractivity contribution < 1.29 is 4.79 Å². The van der Waals surface area contributed by atoms with Gasteiger partial charge in [0.05, 0.1) is 22.8 Å². The molecule has 26 heavy (non-hydrogen) atoms. The fraction of sp³-hybridized carbons (Fsp3) is 0.316. The van der Waals surface area contributed by atoms with Crippen molar-refractivity contribution in [2.24, 2.45) is 7.05 Å². The van der Waals surface area contributed by atoms with E-state index in [1.54, 1.807) is 10.9 Å². The first kappa shape index (κ1) is 18.3. The lowest BCUT2D eigenvalue weighted by Gasteiger charge is -2.10. The maximum absolute atomic E-state index is 12.4. The molecule has 0 aliphatic rings. The lowest BCUT2D eigenvalue weighted by molar-refractivity contribution is -0.113. The minimum absolute atomic E-state index is 0.0659. The minimum Gasteiger partial charge on any atom is -0.322 e. The monoisotopic (exact) mass is 369 g/mol. The Hall–Kier alpha value is -2.54. The van der Waals surface area contributed by atoms with Crippen LogP contribution in [0.1, 0.15) is 22.5 Å². The van der Waals surface area contributed by atoms with Crippen molar-refractivity contribution in [1.29, 1.82) is 0 Å². The number of carbonyl (C=O) groups is 1. The van der Waals surface area contributed by atoms with Crippen LogP contribution < -0.4 is 5.32 Å². The molecule has 0 radical (unpaired) electrons. The number of nitrogens with zero attached hydrogens (tertiary/aromatic N) is 4. The molecule has 2 aromatic heterocycles. The summed E-state index contributed by atoms with van der Waals surface area (Å²) in [5.74, 6) is 0.221. The van der Waals surface area contributed by atoms with E-state index < -0.39 is 0 Å². The number of nitrogens with one attached hydrogen (secondary N) is 1. The Balaban J connectivity index is 1.70. The molecule has 3 rings (SSSR count). The van der Waals surface area contributed by atoms with Gasteiger partial charge in [0.15, 0.2) is 5.16 Å². The Morgan fingerprint density at radius 3 is 2.62 bits per heavy atom. The summed E-state index contributed by atoms with van der Waals surface area (Å²) in [5.41, 5.74) is 6.08. The number of aromatic nitrogens is 4. The molecule has 136 valence electrons. The second kappa shape index (κ2) is 7.37. The van der Waals surface area contributed by atoms with Gasteiger partial charge in [-0.15, -0.1) is 0 Å². The number of anilines is 1. The standard InChI is InChI=1S/C19H23N5OS/c1-12-6-7-16(10-13(12)2)24-9-8-20-19(24)26-11-17(25)21-18-14(3)22-23(5)15(18)4/h6-10H,11H2,1-5H3,(H,21,25). The first-order valence-corrected chi connectivity index (χ1v) is 9.39. The molecule has 0 saturated carbocycles. The van der Waals surface area contributed by atoms with Gasteiger partial charge in [-0.2, -0.15) is 5.10 Å².